The summed E-state index contributed by atoms with van der Waals surface area (Å²) >= 11 is 0. The number of hydrogen-bond donors (Lipinski definition) is 0. The number of carbonyl (C=O) groups is 2. The third-order valence-electron chi connectivity index (χ3n) is 6.29. The maximum atomic E-state index is 13.3. The molecule has 4 heterocycles. The summed E-state index contributed by atoms with van der Waals surface area (Å²) in [6.07, 6.45) is 2.46. The Morgan fingerprint density at radius 2 is 2.03 bits per heavy atom. The topological polar surface area (TPSA) is 92.4 Å². The molecule has 8 nitrogen and oxygen atoms in total. The van der Waals surface area contributed by atoms with Gasteiger partial charge in [-0.2, -0.15) is 0 Å². The molecular formula is C24H24FN5O3. The summed E-state index contributed by atoms with van der Waals surface area (Å²) < 4.78 is 18.6. The largest absolute Gasteiger partial charge is 0.351 e. The number of carbonyl (C=O) groups excluding carboxylic acids is 2. The van der Waals surface area contributed by atoms with Crippen molar-refractivity contribution in [1.82, 2.24) is 20.0 Å². The molecule has 2 aliphatic rings. The quantitative estimate of drug-likeness (QED) is 0.592. The Labute approximate surface area is 190 Å². The molecule has 2 aliphatic heterocycles. The standard InChI is InChI=1S/C24H24FN5O3/c1-3-17-11-20(33-28-17)24(32)29-10-4-5-19(29)22-26-14(2)18-12-21(31)30(23(18)27-22)13-15-6-8-16(25)9-7-15/h6-9,11,19H,3-5,10,12-13H2,1-2H3. The number of nitrogens with zero attached hydrogens (tertiary/aromatic N) is 5. The van der Waals surface area contributed by atoms with Crippen LogP contribution in [0.3, 0.4) is 0 Å². The lowest BCUT2D eigenvalue weighted by molar-refractivity contribution is -0.117. The molecule has 1 aromatic carbocycles. The molecule has 3 aromatic rings. The number of benzene rings is 1. The molecule has 1 fully saturated rings. The Bertz CT molecular complexity index is 1220. The zero-order valence-corrected chi connectivity index (χ0v) is 18.5. The van der Waals surface area contributed by atoms with Crippen LogP contribution < -0.4 is 4.90 Å². The second-order valence-corrected chi connectivity index (χ2v) is 8.45. The highest BCUT2D eigenvalue weighted by atomic mass is 19.1. The van der Waals surface area contributed by atoms with Crippen LogP contribution in [-0.2, 0) is 24.2 Å². The van der Waals surface area contributed by atoms with Gasteiger partial charge in [0.15, 0.2) is 5.82 Å². The average molecular weight is 449 g/mol. The Hall–Kier alpha value is -3.62. The molecule has 170 valence electrons. The third kappa shape index (κ3) is 3.88. The second kappa shape index (κ2) is 8.38. The van der Waals surface area contributed by atoms with Crippen LogP contribution in [-0.4, -0.2) is 38.4 Å². The highest BCUT2D eigenvalue weighted by Crippen LogP contribution is 2.36. The van der Waals surface area contributed by atoms with Crippen molar-refractivity contribution in [2.75, 3.05) is 11.4 Å². The number of aromatic nitrogens is 3. The summed E-state index contributed by atoms with van der Waals surface area (Å²) in [6, 6.07) is 7.45. The third-order valence-corrected chi connectivity index (χ3v) is 6.29. The molecule has 1 atom stereocenters. The number of likely N-dealkylation sites (tertiary alicyclic amines) is 1. The Morgan fingerprint density at radius 3 is 2.76 bits per heavy atom. The summed E-state index contributed by atoms with van der Waals surface area (Å²) in [4.78, 5) is 38.7. The fraction of sp³-hybridized carbons (Fsp3) is 0.375. The van der Waals surface area contributed by atoms with E-state index in [-0.39, 0.29) is 35.9 Å². The van der Waals surface area contributed by atoms with Crippen LogP contribution in [0, 0.1) is 12.7 Å². The van der Waals surface area contributed by atoms with Crippen molar-refractivity contribution in [3.05, 3.63) is 70.2 Å². The monoisotopic (exact) mass is 449 g/mol. The van der Waals surface area contributed by atoms with Crippen molar-refractivity contribution in [2.24, 2.45) is 0 Å². The maximum Gasteiger partial charge on any atom is 0.293 e. The lowest BCUT2D eigenvalue weighted by Crippen LogP contribution is -2.32. The lowest BCUT2D eigenvalue weighted by Gasteiger charge is -2.24. The van der Waals surface area contributed by atoms with E-state index in [0.717, 1.165) is 35.4 Å². The molecule has 1 unspecified atom stereocenters. The van der Waals surface area contributed by atoms with E-state index in [4.69, 9.17) is 9.51 Å². The van der Waals surface area contributed by atoms with E-state index in [1.165, 1.54) is 12.1 Å². The van der Waals surface area contributed by atoms with E-state index in [0.29, 0.717) is 31.2 Å². The van der Waals surface area contributed by atoms with Crippen LogP contribution >= 0.6 is 0 Å². The maximum absolute atomic E-state index is 13.3. The first kappa shape index (κ1) is 21.2. The van der Waals surface area contributed by atoms with Crippen LogP contribution in [0.25, 0.3) is 0 Å². The van der Waals surface area contributed by atoms with Gasteiger partial charge >= 0.3 is 0 Å². The molecule has 2 aromatic heterocycles. The van der Waals surface area contributed by atoms with Crippen molar-refractivity contribution in [1.29, 1.82) is 0 Å². The number of amides is 2. The smallest absolute Gasteiger partial charge is 0.293 e. The molecule has 9 heteroatoms. The van der Waals surface area contributed by atoms with Gasteiger partial charge in [-0.05, 0) is 43.9 Å². The number of fused-ring (bicyclic) bond motifs is 1. The van der Waals surface area contributed by atoms with Gasteiger partial charge in [0.25, 0.3) is 5.91 Å². The van der Waals surface area contributed by atoms with Crippen molar-refractivity contribution < 1.29 is 18.5 Å². The molecule has 5 rings (SSSR count). The Morgan fingerprint density at radius 1 is 1.24 bits per heavy atom. The summed E-state index contributed by atoms with van der Waals surface area (Å²) in [5.41, 5.74) is 3.07. The predicted octanol–water partition coefficient (Wildman–Crippen LogP) is 3.54. The fourth-order valence-electron chi connectivity index (χ4n) is 4.48. The summed E-state index contributed by atoms with van der Waals surface area (Å²) in [5, 5.41) is 3.93. The van der Waals surface area contributed by atoms with Gasteiger partial charge in [-0.1, -0.05) is 24.2 Å². The van der Waals surface area contributed by atoms with Crippen LogP contribution in [0.1, 0.15) is 64.7 Å². The molecule has 0 saturated carbocycles. The van der Waals surface area contributed by atoms with Gasteiger partial charge in [0.1, 0.15) is 11.6 Å². The minimum atomic E-state index is -0.323. The Kier molecular flexibility index (Phi) is 5.39. The van der Waals surface area contributed by atoms with Crippen molar-refractivity contribution in [3.8, 4) is 0 Å². The first-order valence-electron chi connectivity index (χ1n) is 11.1. The van der Waals surface area contributed by atoms with Crippen molar-refractivity contribution in [3.63, 3.8) is 0 Å². The first-order chi connectivity index (χ1) is 15.9. The molecule has 0 aliphatic carbocycles. The summed E-state index contributed by atoms with van der Waals surface area (Å²) in [5.74, 6) is 0.675. The number of rotatable bonds is 5. The van der Waals surface area contributed by atoms with E-state index in [2.05, 4.69) is 10.1 Å². The highest BCUT2D eigenvalue weighted by molar-refractivity contribution is 6.00. The van der Waals surface area contributed by atoms with Crippen LogP contribution in [0.5, 0.6) is 0 Å². The zero-order valence-electron chi connectivity index (χ0n) is 18.5. The first-order valence-corrected chi connectivity index (χ1v) is 11.1. The average Bonchev–Trinajstić information content (AvgIpc) is 3.55. The molecule has 1 saturated heterocycles. The Balaban J connectivity index is 1.45. The van der Waals surface area contributed by atoms with E-state index in [9.17, 15) is 14.0 Å². The fourth-order valence-corrected chi connectivity index (χ4v) is 4.48. The van der Waals surface area contributed by atoms with Gasteiger partial charge in [0.05, 0.1) is 24.7 Å². The predicted molar refractivity (Wildman–Crippen MR) is 117 cm³/mol. The van der Waals surface area contributed by atoms with Gasteiger partial charge in [0, 0.05) is 23.9 Å². The number of halogens is 1. The van der Waals surface area contributed by atoms with Crippen LogP contribution in [0.2, 0.25) is 0 Å². The van der Waals surface area contributed by atoms with Gasteiger partial charge in [-0.3, -0.25) is 14.5 Å². The summed E-state index contributed by atoms with van der Waals surface area (Å²) in [6.45, 7) is 4.69. The molecule has 0 N–H and O–H groups in total. The van der Waals surface area contributed by atoms with E-state index in [1.807, 2.05) is 13.8 Å². The zero-order chi connectivity index (χ0) is 23.1. The molecule has 2 amide bonds. The summed E-state index contributed by atoms with van der Waals surface area (Å²) in [7, 11) is 0. The van der Waals surface area contributed by atoms with Gasteiger partial charge < -0.3 is 9.42 Å². The molecule has 0 radical (unpaired) electrons. The number of anilines is 1. The van der Waals surface area contributed by atoms with Crippen LogP contribution in [0.15, 0.2) is 34.9 Å². The second-order valence-electron chi connectivity index (χ2n) is 8.45. The minimum absolute atomic E-state index is 0.0722. The molecule has 0 spiro atoms. The van der Waals surface area contributed by atoms with Gasteiger partial charge in [0.2, 0.25) is 11.7 Å². The van der Waals surface area contributed by atoms with Crippen LogP contribution in [0.4, 0.5) is 10.2 Å². The van der Waals surface area contributed by atoms with Crippen molar-refractivity contribution in [2.45, 2.75) is 52.1 Å². The SMILES string of the molecule is CCc1cc(C(=O)N2CCCC2c2nc(C)c3c(n2)N(Cc2ccc(F)cc2)C(=O)C3)on1. The highest BCUT2D eigenvalue weighted by Gasteiger charge is 2.37. The molecule has 33 heavy (non-hydrogen) atoms. The van der Waals surface area contributed by atoms with Gasteiger partial charge in [-0.25, -0.2) is 14.4 Å². The van der Waals surface area contributed by atoms with E-state index in [1.54, 1.807) is 28.0 Å². The normalized spacial score (nSPS) is 17.7. The number of aryl methyl sites for hydroxylation is 2. The van der Waals surface area contributed by atoms with Gasteiger partial charge in [-0.15, -0.1) is 0 Å². The van der Waals surface area contributed by atoms with E-state index >= 15 is 0 Å². The molecular weight excluding hydrogens is 425 g/mol. The lowest BCUT2D eigenvalue weighted by atomic mass is 10.1. The number of hydrogen-bond acceptors (Lipinski definition) is 6. The van der Waals surface area contributed by atoms with Crippen molar-refractivity contribution >= 4 is 17.6 Å². The minimum Gasteiger partial charge on any atom is -0.351 e. The molecule has 0 bridgehead atoms. The van der Waals surface area contributed by atoms with E-state index < -0.39 is 0 Å².